The van der Waals surface area contributed by atoms with Crippen molar-refractivity contribution >= 4 is 16.9 Å². The Bertz CT molecular complexity index is 535. The summed E-state index contributed by atoms with van der Waals surface area (Å²) in [6.07, 6.45) is 0. The van der Waals surface area contributed by atoms with Crippen molar-refractivity contribution in [2.45, 2.75) is 6.92 Å². The molecule has 1 aromatic heterocycles. The Kier molecular flexibility index (Phi) is 2.65. The first-order chi connectivity index (χ1) is 8.34. The second-order valence-electron chi connectivity index (χ2n) is 4.23. The highest BCUT2D eigenvalue weighted by molar-refractivity contribution is 5.81. The van der Waals surface area contributed by atoms with Gasteiger partial charge in [0.05, 0.1) is 24.4 Å². The number of anilines is 1. The van der Waals surface area contributed by atoms with Gasteiger partial charge in [-0.1, -0.05) is 18.2 Å². The molecule has 0 amide bonds. The van der Waals surface area contributed by atoms with E-state index in [0.29, 0.717) is 0 Å². The molecule has 4 heteroatoms. The summed E-state index contributed by atoms with van der Waals surface area (Å²) < 4.78 is 5.34. The van der Waals surface area contributed by atoms with Gasteiger partial charge in [-0.25, -0.2) is 9.97 Å². The van der Waals surface area contributed by atoms with Crippen molar-refractivity contribution in [3.8, 4) is 0 Å². The van der Waals surface area contributed by atoms with Crippen LogP contribution in [0.25, 0.3) is 10.9 Å². The van der Waals surface area contributed by atoms with Crippen molar-refractivity contribution in [1.82, 2.24) is 9.97 Å². The summed E-state index contributed by atoms with van der Waals surface area (Å²) in [4.78, 5) is 11.4. The molecular weight excluding hydrogens is 214 g/mol. The molecule has 17 heavy (non-hydrogen) atoms. The van der Waals surface area contributed by atoms with Crippen LogP contribution in [-0.4, -0.2) is 36.3 Å². The molecule has 1 saturated heterocycles. The number of para-hydroxylation sites is 1. The lowest BCUT2D eigenvalue weighted by Crippen LogP contribution is -2.37. The van der Waals surface area contributed by atoms with Crippen LogP contribution in [0.4, 0.5) is 5.95 Å². The van der Waals surface area contributed by atoms with Crippen molar-refractivity contribution in [2.75, 3.05) is 31.2 Å². The van der Waals surface area contributed by atoms with Gasteiger partial charge in [-0.15, -0.1) is 0 Å². The molecule has 3 rings (SSSR count). The predicted octanol–water partition coefficient (Wildman–Crippen LogP) is 1.77. The predicted molar refractivity (Wildman–Crippen MR) is 67.3 cm³/mol. The molecule has 0 N–H and O–H groups in total. The van der Waals surface area contributed by atoms with Crippen LogP contribution in [0.1, 0.15) is 5.69 Å². The van der Waals surface area contributed by atoms with E-state index in [2.05, 4.69) is 20.9 Å². The van der Waals surface area contributed by atoms with E-state index in [4.69, 9.17) is 4.74 Å². The molecule has 2 aromatic rings. The van der Waals surface area contributed by atoms with Gasteiger partial charge in [-0.3, -0.25) is 0 Å². The second kappa shape index (κ2) is 4.30. The molecule has 0 unspecified atom stereocenters. The lowest BCUT2D eigenvalue weighted by Gasteiger charge is -2.27. The van der Waals surface area contributed by atoms with Crippen molar-refractivity contribution < 1.29 is 4.74 Å². The van der Waals surface area contributed by atoms with Crippen LogP contribution in [0.15, 0.2) is 24.3 Å². The van der Waals surface area contributed by atoms with Crippen LogP contribution in [0, 0.1) is 6.92 Å². The minimum absolute atomic E-state index is 0.759. The summed E-state index contributed by atoms with van der Waals surface area (Å²) in [6, 6.07) is 8.13. The zero-order chi connectivity index (χ0) is 11.7. The summed E-state index contributed by atoms with van der Waals surface area (Å²) in [6.45, 7) is 5.30. The van der Waals surface area contributed by atoms with Gasteiger partial charge < -0.3 is 9.64 Å². The van der Waals surface area contributed by atoms with Crippen LogP contribution in [0.5, 0.6) is 0 Å². The molecule has 2 heterocycles. The normalized spacial score (nSPS) is 16.4. The van der Waals surface area contributed by atoms with Gasteiger partial charge in [0.15, 0.2) is 0 Å². The lowest BCUT2D eigenvalue weighted by atomic mass is 10.2. The summed E-state index contributed by atoms with van der Waals surface area (Å²) in [5, 5.41) is 1.13. The van der Waals surface area contributed by atoms with E-state index in [1.807, 2.05) is 25.1 Å². The Morgan fingerprint density at radius 3 is 2.71 bits per heavy atom. The Labute approximate surface area is 100 Å². The molecule has 88 valence electrons. The Balaban J connectivity index is 2.05. The number of morpholine rings is 1. The quantitative estimate of drug-likeness (QED) is 0.747. The molecule has 1 aliphatic heterocycles. The van der Waals surface area contributed by atoms with Crippen molar-refractivity contribution in [2.24, 2.45) is 0 Å². The molecule has 1 fully saturated rings. The fourth-order valence-corrected chi connectivity index (χ4v) is 2.12. The number of hydrogen-bond donors (Lipinski definition) is 0. The molecule has 1 aromatic carbocycles. The number of aromatic nitrogens is 2. The molecule has 4 nitrogen and oxygen atoms in total. The van der Waals surface area contributed by atoms with E-state index in [9.17, 15) is 0 Å². The third-order valence-corrected chi connectivity index (χ3v) is 3.08. The SMILES string of the molecule is Cc1nc(N2CCOCC2)nc2ccccc12. The van der Waals surface area contributed by atoms with Crippen LogP contribution < -0.4 is 4.90 Å². The number of benzene rings is 1. The summed E-state index contributed by atoms with van der Waals surface area (Å²) >= 11 is 0. The zero-order valence-electron chi connectivity index (χ0n) is 9.89. The second-order valence-corrected chi connectivity index (χ2v) is 4.23. The minimum Gasteiger partial charge on any atom is -0.378 e. The number of rotatable bonds is 1. The third kappa shape index (κ3) is 1.96. The molecule has 0 aliphatic carbocycles. The smallest absolute Gasteiger partial charge is 0.226 e. The number of ether oxygens (including phenoxy) is 1. The molecule has 0 atom stereocenters. The topological polar surface area (TPSA) is 38.2 Å². The van der Waals surface area contributed by atoms with Crippen LogP contribution in [0.2, 0.25) is 0 Å². The van der Waals surface area contributed by atoms with Gasteiger partial charge in [0.2, 0.25) is 5.95 Å². The maximum absolute atomic E-state index is 5.34. The highest BCUT2D eigenvalue weighted by Gasteiger charge is 2.14. The van der Waals surface area contributed by atoms with Crippen LogP contribution in [0.3, 0.4) is 0 Å². The first-order valence-electron chi connectivity index (χ1n) is 5.91. The van der Waals surface area contributed by atoms with Crippen molar-refractivity contribution in [3.05, 3.63) is 30.0 Å². The first-order valence-corrected chi connectivity index (χ1v) is 5.91. The van der Waals surface area contributed by atoms with E-state index in [-0.39, 0.29) is 0 Å². The van der Waals surface area contributed by atoms with Crippen LogP contribution in [-0.2, 0) is 4.74 Å². The molecule has 0 bridgehead atoms. The maximum Gasteiger partial charge on any atom is 0.226 e. The largest absolute Gasteiger partial charge is 0.378 e. The molecular formula is C13H15N3O. The Morgan fingerprint density at radius 1 is 1.12 bits per heavy atom. The standard InChI is InChI=1S/C13H15N3O/c1-10-11-4-2-3-5-12(11)15-13(14-10)16-6-8-17-9-7-16/h2-5H,6-9H2,1H3. The minimum atomic E-state index is 0.759. The van der Waals surface area contributed by atoms with Gasteiger partial charge in [0.25, 0.3) is 0 Å². The van der Waals surface area contributed by atoms with Gasteiger partial charge in [-0.05, 0) is 13.0 Å². The van der Waals surface area contributed by atoms with Gasteiger partial charge in [0, 0.05) is 18.5 Å². The number of nitrogens with zero attached hydrogens (tertiary/aromatic N) is 3. The van der Waals surface area contributed by atoms with E-state index >= 15 is 0 Å². The van der Waals surface area contributed by atoms with Crippen molar-refractivity contribution in [1.29, 1.82) is 0 Å². The number of fused-ring (bicyclic) bond motifs is 1. The van der Waals surface area contributed by atoms with Crippen molar-refractivity contribution in [3.63, 3.8) is 0 Å². The molecule has 0 spiro atoms. The maximum atomic E-state index is 5.34. The Hall–Kier alpha value is -1.68. The van der Waals surface area contributed by atoms with Gasteiger partial charge in [0.1, 0.15) is 0 Å². The highest BCUT2D eigenvalue weighted by Crippen LogP contribution is 2.19. The van der Waals surface area contributed by atoms with Gasteiger partial charge in [-0.2, -0.15) is 0 Å². The average Bonchev–Trinajstić information content (AvgIpc) is 2.40. The first kappa shape index (κ1) is 10.5. The van der Waals surface area contributed by atoms with Crippen LogP contribution >= 0.6 is 0 Å². The molecule has 1 aliphatic rings. The van der Waals surface area contributed by atoms with E-state index in [1.54, 1.807) is 0 Å². The zero-order valence-corrected chi connectivity index (χ0v) is 9.89. The highest BCUT2D eigenvalue weighted by atomic mass is 16.5. The molecule has 0 saturated carbocycles. The third-order valence-electron chi connectivity index (χ3n) is 3.08. The summed E-state index contributed by atoms with van der Waals surface area (Å²) in [7, 11) is 0. The average molecular weight is 229 g/mol. The fraction of sp³-hybridized carbons (Fsp3) is 0.385. The van der Waals surface area contributed by atoms with E-state index in [0.717, 1.165) is 48.8 Å². The monoisotopic (exact) mass is 229 g/mol. The lowest BCUT2D eigenvalue weighted by molar-refractivity contribution is 0.122. The fourth-order valence-electron chi connectivity index (χ4n) is 2.12. The summed E-state index contributed by atoms with van der Waals surface area (Å²) in [5.74, 6) is 0.824. The summed E-state index contributed by atoms with van der Waals surface area (Å²) in [5.41, 5.74) is 2.05. The molecule has 0 radical (unpaired) electrons. The number of hydrogen-bond acceptors (Lipinski definition) is 4. The van der Waals surface area contributed by atoms with Gasteiger partial charge >= 0.3 is 0 Å². The number of aryl methyl sites for hydroxylation is 1. The van der Waals surface area contributed by atoms with E-state index in [1.165, 1.54) is 0 Å². The Morgan fingerprint density at radius 2 is 1.88 bits per heavy atom. The van der Waals surface area contributed by atoms with E-state index < -0.39 is 0 Å².